The molecule has 0 radical (unpaired) electrons. The summed E-state index contributed by atoms with van der Waals surface area (Å²) in [4.78, 5) is 11.7. The normalized spacial score (nSPS) is 12.2. The van der Waals surface area contributed by atoms with Gasteiger partial charge in [0.1, 0.15) is 5.69 Å². The van der Waals surface area contributed by atoms with Crippen LogP contribution >= 0.6 is 23.2 Å². The Kier molecular flexibility index (Phi) is 4.84. The highest BCUT2D eigenvalue weighted by Crippen LogP contribution is 2.36. The first-order chi connectivity index (χ1) is 11.9. The van der Waals surface area contributed by atoms with Crippen molar-refractivity contribution < 1.29 is 9.90 Å². The molecule has 4 nitrogen and oxygen atoms in total. The lowest BCUT2D eigenvalue weighted by Gasteiger charge is -2.15. The van der Waals surface area contributed by atoms with Crippen molar-refractivity contribution >= 4 is 29.2 Å². The van der Waals surface area contributed by atoms with Gasteiger partial charge in [-0.15, -0.1) is 0 Å². The summed E-state index contributed by atoms with van der Waals surface area (Å²) in [6.45, 7) is 3.92. The summed E-state index contributed by atoms with van der Waals surface area (Å²) in [5.74, 6) is -1.27. The Morgan fingerprint density at radius 2 is 1.80 bits per heavy atom. The van der Waals surface area contributed by atoms with E-state index in [1.807, 2.05) is 44.2 Å². The summed E-state index contributed by atoms with van der Waals surface area (Å²) in [5.41, 5.74) is 4.17. The van der Waals surface area contributed by atoms with Gasteiger partial charge in [0.25, 0.3) is 0 Å². The molecule has 25 heavy (non-hydrogen) atoms. The van der Waals surface area contributed by atoms with E-state index in [4.69, 9.17) is 23.2 Å². The highest BCUT2D eigenvalue weighted by molar-refractivity contribution is 6.42. The molecule has 0 bridgehead atoms. The molecule has 3 aromatic rings. The van der Waals surface area contributed by atoms with Crippen LogP contribution in [0.3, 0.4) is 0 Å². The molecule has 1 heterocycles. The molecular formula is C19H16Cl2N2O2. The first-order valence-electron chi connectivity index (χ1n) is 7.72. The van der Waals surface area contributed by atoms with Gasteiger partial charge >= 0.3 is 5.97 Å². The van der Waals surface area contributed by atoms with Gasteiger partial charge in [-0.05, 0) is 24.6 Å². The number of hydrogen-bond acceptors (Lipinski definition) is 2. The van der Waals surface area contributed by atoms with Gasteiger partial charge in [0, 0.05) is 17.0 Å². The van der Waals surface area contributed by atoms with Crippen LogP contribution in [0.25, 0.3) is 11.3 Å². The van der Waals surface area contributed by atoms with Gasteiger partial charge in [0.05, 0.1) is 15.7 Å². The SMILES string of the molecule is Cc1ccc(-c2n[nH]c(C(=O)O)c2C(C)c2ccc(Cl)c(Cl)c2)cc1. The van der Waals surface area contributed by atoms with Crippen molar-refractivity contribution in [2.75, 3.05) is 0 Å². The number of H-pyrrole nitrogens is 1. The molecule has 0 fully saturated rings. The van der Waals surface area contributed by atoms with Crippen LogP contribution in [0.5, 0.6) is 0 Å². The molecular weight excluding hydrogens is 359 g/mol. The second-order valence-corrected chi connectivity index (χ2v) is 6.74. The van der Waals surface area contributed by atoms with Crippen LogP contribution in [-0.4, -0.2) is 21.3 Å². The van der Waals surface area contributed by atoms with E-state index < -0.39 is 5.97 Å². The molecule has 0 amide bonds. The number of benzene rings is 2. The molecule has 1 aromatic heterocycles. The second kappa shape index (κ2) is 6.90. The number of carboxylic acid groups (broad SMARTS) is 1. The van der Waals surface area contributed by atoms with Gasteiger partial charge in [-0.1, -0.05) is 66.0 Å². The summed E-state index contributed by atoms with van der Waals surface area (Å²) in [7, 11) is 0. The van der Waals surface area contributed by atoms with E-state index in [1.165, 1.54) is 0 Å². The van der Waals surface area contributed by atoms with Gasteiger partial charge in [0.15, 0.2) is 0 Å². The van der Waals surface area contributed by atoms with E-state index >= 15 is 0 Å². The van der Waals surface area contributed by atoms with Gasteiger partial charge in [-0.3, -0.25) is 5.10 Å². The van der Waals surface area contributed by atoms with Gasteiger partial charge in [-0.2, -0.15) is 5.10 Å². The molecule has 0 saturated carbocycles. The lowest BCUT2D eigenvalue weighted by atomic mass is 9.89. The third kappa shape index (κ3) is 3.41. The molecule has 0 spiro atoms. The average Bonchev–Trinajstić information content (AvgIpc) is 3.02. The monoisotopic (exact) mass is 374 g/mol. The maximum absolute atomic E-state index is 11.7. The van der Waals surface area contributed by atoms with Crippen molar-refractivity contribution in [3.8, 4) is 11.3 Å². The zero-order chi connectivity index (χ0) is 18.1. The number of carbonyl (C=O) groups is 1. The van der Waals surface area contributed by atoms with Crippen LogP contribution in [0.15, 0.2) is 42.5 Å². The van der Waals surface area contributed by atoms with Crippen LogP contribution in [0, 0.1) is 6.92 Å². The van der Waals surface area contributed by atoms with Gasteiger partial charge < -0.3 is 5.11 Å². The van der Waals surface area contributed by atoms with Gasteiger partial charge in [-0.25, -0.2) is 4.79 Å². The number of hydrogen-bond donors (Lipinski definition) is 2. The standard InChI is InChI=1S/C19H16Cl2N2O2/c1-10-3-5-12(6-4-10)17-16(18(19(24)25)23-22-17)11(2)13-7-8-14(20)15(21)9-13/h3-9,11H,1-2H3,(H,22,23)(H,24,25). The minimum absolute atomic E-state index is 0.0779. The number of aromatic nitrogens is 2. The minimum atomic E-state index is -1.05. The molecule has 0 aliphatic carbocycles. The smallest absolute Gasteiger partial charge is 0.354 e. The summed E-state index contributed by atoms with van der Waals surface area (Å²) >= 11 is 12.1. The molecule has 3 rings (SSSR count). The van der Waals surface area contributed by atoms with Crippen LogP contribution in [0.4, 0.5) is 0 Å². The molecule has 1 atom stereocenters. The fourth-order valence-electron chi connectivity index (χ4n) is 2.82. The number of halogens is 2. The predicted molar refractivity (Wildman–Crippen MR) is 99.7 cm³/mol. The summed E-state index contributed by atoms with van der Waals surface area (Å²) < 4.78 is 0. The van der Waals surface area contributed by atoms with Crippen molar-refractivity contribution in [2.45, 2.75) is 19.8 Å². The van der Waals surface area contributed by atoms with E-state index in [0.717, 1.165) is 16.7 Å². The van der Waals surface area contributed by atoms with E-state index in [9.17, 15) is 9.90 Å². The largest absolute Gasteiger partial charge is 0.477 e. The highest BCUT2D eigenvalue weighted by atomic mass is 35.5. The Bertz CT molecular complexity index is 933. The highest BCUT2D eigenvalue weighted by Gasteiger charge is 2.25. The lowest BCUT2D eigenvalue weighted by molar-refractivity contribution is 0.0689. The number of nitrogens with zero attached hydrogens (tertiary/aromatic N) is 1. The van der Waals surface area contributed by atoms with Crippen molar-refractivity contribution in [3.05, 3.63) is 74.9 Å². The van der Waals surface area contributed by atoms with Crippen molar-refractivity contribution in [2.24, 2.45) is 0 Å². The maximum Gasteiger partial charge on any atom is 0.354 e. The van der Waals surface area contributed by atoms with E-state index in [2.05, 4.69) is 10.2 Å². The number of aryl methyl sites for hydroxylation is 1. The lowest BCUT2D eigenvalue weighted by Crippen LogP contribution is -2.06. The Labute approximate surface area is 155 Å². The molecule has 2 aromatic carbocycles. The topological polar surface area (TPSA) is 66.0 Å². The first kappa shape index (κ1) is 17.5. The zero-order valence-electron chi connectivity index (χ0n) is 13.7. The molecule has 0 aliphatic rings. The van der Waals surface area contributed by atoms with Crippen LogP contribution < -0.4 is 0 Å². The molecule has 128 valence electrons. The second-order valence-electron chi connectivity index (χ2n) is 5.93. The Morgan fingerprint density at radius 3 is 2.40 bits per heavy atom. The summed E-state index contributed by atoms with van der Waals surface area (Å²) in [5, 5.41) is 17.4. The summed E-state index contributed by atoms with van der Waals surface area (Å²) in [6, 6.07) is 13.1. The quantitative estimate of drug-likeness (QED) is 0.629. The number of aromatic amines is 1. The van der Waals surface area contributed by atoms with Crippen molar-refractivity contribution in [1.82, 2.24) is 10.2 Å². The third-order valence-corrected chi connectivity index (χ3v) is 4.96. The van der Waals surface area contributed by atoms with Gasteiger partial charge in [0.2, 0.25) is 0 Å². The molecule has 0 saturated heterocycles. The fraction of sp³-hybridized carbons (Fsp3) is 0.158. The van der Waals surface area contributed by atoms with Crippen LogP contribution in [0.2, 0.25) is 10.0 Å². The predicted octanol–water partition coefficient (Wildman–Crippen LogP) is 5.54. The zero-order valence-corrected chi connectivity index (χ0v) is 15.2. The molecule has 6 heteroatoms. The first-order valence-corrected chi connectivity index (χ1v) is 8.47. The molecule has 2 N–H and O–H groups in total. The number of rotatable bonds is 4. The maximum atomic E-state index is 11.7. The van der Waals surface area contributed by atoms with Crippen molar-refractivity contribution in [1.29, 1.82) is 0 Å². The average molecular weight is 375 g/mol. The molecule has 1 unspecified atom stereocenters. The van der Waals surface area contributed by atoms with E-state index in [0.29, 0.717) is 21.3 Å². The number of nitrogens with one attached hydrogen (secondary N) is 1. The van der Waals surface area contributed by atoms with Crippen molar-refractivity contribution in [3.63, 3.8) is 0 Å². The third-order valence-electron chi connectivity index (χ3n) is 4.22. The molecule has 0 aliphatic heterocycles. The van der Waals surface area contributed by atoms with Crippen LogP contribution in [0.1, 0.15) is 40.0 Å². The Hall–Kier alpha value is -2.30. The minimum Gasteiger partial charge on any atom is -0.477 e. The van der Waals surface area contributed by atoms with E-state index in [1.54, 1.807) is 12.1 Å². The summed E-state index contributed by atoms with van der Waals surface area (Å²) in [6.07, 6.45) is 0. The number of aromatic carboxylic acids is 1. The van der Waals surface area contributed by atoms with E-state index in [-0.39, 0.29) is 11.6 Å². The Morgan fingerprint density at radius 1 is 1.12 bits per heavy atom. The Balaban J connectivity index is 2.15. The van der Waals surface area contributed by atoms with Crippen LogP contribution in [-0.2, 0) is 0 Å². The fourth-order valence-corrected chi connectivity index (χ4v) is 3.12. The number of carboxylic acids is 1.